The highest BCUT2D eigenvalue weighted by atomic mass is 16.4. The molecule has 1 heterocycles. The van der Waals surface area contributed by atoms with Crippen LogP contribution in [0.15, 0.2) is 42.9 Å². The largest absolute Gasteiger partial charge is 0.464 e. The van der Waals surface area contributed by atoms with Crippen LogP contribution in [-0.2, 0) is 12.8 Å². The molecule has 2 rings (SSSR count). The number of hydrogen-bond acceptors (Lipinski definition) is 2. The Balaban J connectivity index is 1.90. The monoisotopic (exact) mass is 230 g/mol. The second-order valence-electron chi connectivity index (χ2n) is 3.88. The van der Waals surface area contributed by atoms with Crippen molar-refractivity contribution in [1.82, 2.24) is 9.55 Å². The van der Waals surface area contributed by atoms with Gasteiger partial charge in [0, 0.05) is 11.9 Å². The fourth-order valence-corrected chi connectivity index (χ4v) is 1.80. The molecule has 0 amide bonds. The van der Waals surface area contributed by atoms with Crippen molar-refractivity contribution in [2.75, 3.05) is 0 Å². The van der Waals surface area contributed by atoms with E-state index >= 15 is 0 Å². The lowest BCUT2D eigenvalue weighted by Crippen LogP contribution is -2.10. The number of imidazole rings is 1. The second kappa shape index (κ2) is 5.30. The standard InChI is InChI=1S/C13H14N2O2/c16-13(17)15-10-14-9-12(15)8-4-7-11-5-2-1-3-6-11/h1-3,5-6,9-10H,4,7-8H2,(H,16,17). The molecule has 0 unspecified atom stereocenters. The molecule has 4 nitrogen and oxygen atoms in total. The Morgan fingerprint density at radius 3 is 2.71 bits per heavy atom. The summed E-state index contributed by atoms with van der Waals surface area (Å²) in [5.74, 6) is 0. The third-order valence-electron chi connectivity index (χ3n) is 2.66. The van der Waals surface area contributed by atoms with E-state index in [0.717, 1.165) is 25.0 Å². The Labute approximate surface area is 99.5 Å². The van der Waals surface area contributed by atoms with Crippen LogP contribution in [0.5, 0.6) is 0 Å². The Bertz CT molecular complexity index is 491. The van der Waals surface area contributed by atoms with Gasteiger partial charge in [0.05, 0.1) is 0 Å². The molecule has 2 aromatic rings. The molecule has 0 spiro atoms. The molecule has 4 heteroatoms. The highest BCUT2D eigenvalue weighted by Gasteiger charge is 2.07. The lowest BCUT2D eigenvalue weighted by molar-refractivity contribution is 0.195. The third-order valence-corrected chi connectivity index (χ3v) is 2.66. The van der Waals surface area contributed by atoms with E-state index in [0.29, 0.717) is 0 Å². The quantitative estimate of drug-likeness (QED) is 0.878. The molecule has 17 heavy (non-hydrogen) atoms. The average molecular weight is 230 g/mol. The molecular weight excluding hydrogens is 216 g/mol. The van der Waals surface area contributed by atoms with Gasteiger partial charge in [-0.25, -0.2) is 14.3 Å². The third kappa shape index (κ3) is 2.93. The van der Waals surface area contributed by atoms with Crippen LogP contribution in [0.2, 0.25) is 0 Å². The van der Waals surface area contributed by atoms with Crippen LogP contribution in [0.3, 0.4) is 0 Å². The summed E-state index contributed by atoms with van der Waals surface area (Å²) >= 11 is 0. The summed E-state index contributed by atoms with van der Waals surface area (Å²) in [7, 11) is 0. The van der Waals surface area contributed by atoms with Crippen LogP contribution >= 0.6 is 0 Å². The van der Waals surface area contributed by atoms with Crippen LogP contribution in [-0.4, -0.2) is 20.8 Å². The number of nitrogens with zero attached hydrogens (tertiary/aromatic N) is 2. The van der Waals surface area contributed by atoms with Crippen molar-refractivity contribution in [3.63, 3.8) is 0 Å². The first-order chi connectivity index (χ1) is 8.27. The first-order valence-electron chi connectivity index (χ1n) is 5.56. The number of rotatable bonds is 4. The van der Waals surface area contributed by atoms with Crippen LogP contribution in [0.1, 0.15) is 17.7 Å². The SMILES string of the molecule is O=C(O)n1cncc1CCCc1ccccc1. The predicted molar refractivity (Wildman–Crippen MR) is 64.1 cm³/mol. The van der Waals surface area contributed by atoms with E-state index in [1.54, 1.807) is 6.20 Å². The fourth-order valence-electron chi connectivity index (χ4n) is 1.80. The van der Waals surface area contributed by atoms with Gasteiger partial charge in [-0.15, -0.1) is 0 Å². The maximum atomic E-state index is 10.8. The van der Waals surface area contributed by atoms with E-state index in [1.807, 2.05) is 18.2 Å². The van der Waals surface area contributed by atoms with Gasteiger partial charge < -0.3 is 5.11 Å². The van der Waals surface area contributed by atoms with Crippen LogP contribution in [0.25, 0.3) is 0 Å². The summed E-state index contributed by atoms with van der Waals surface area (Å²) in [6, 6.07) is 10.2. The van der Waals surface area contributed by atoms with Crippen molar-refractivity contribution >= 4 is 6.09 Å². The molecule has 1 aromatic heterocycles. The van der Waals surface area contributed by atoms with Gasteiger partial charge in [-0.2, -0.15) is 0 Å². The molecule has 1 N–H and O–H groups in total. The summed E-state index contributed by atoms with van der Waals surface area (Å²) in [4.78, 5) is 14.7. The number of carbonyl (C=O) groups is 1. The molecule has 0 radical (unpaired) electrons. The molecule has 1 aromatic carbocycles. The Hall–Kier alpha value is -2.10. The first kappa shape index (κ1) is 11.4. The Morgan fingerprint density at radius 2 is 2.00 bits per heavy atom. The van der Waals surface area contributed by atoms with E-state index in [-0.39, 0.29) is 0 Å². The van der Waals surface area contributed by atoms with Crippen LogP contribution < -0.4 is 0 Å². The van der Waals surface area contributed by atoms with Gasteiger partial charge in [-0.05, 0) is 24.8 Å². The summed E-state index contributed by atoms with van der Waals surface area (Å²) < 4.78 is 1.17. The number of benzene rings is 1. The molecule has 0 aliphatic carbocycles. The maximum Gasteiger partial charge on any atom is 0.417 e. The highest BCUT2D eigenvalue weighted by Crippen LogP contribution is 2.08. The first-order valence-corrected chi connectivity index (χ1v) is 5.56. The van der Waals surface area contributed by atoms with Crippen molar-refractivity contribution in [2.24, 2.45) is 0 Å². The minimum atomic E-state index is -0.975. The Kier molecular flexibility index (Phi) is 3.55. The fraction of sp³-hybridized carbons (Fsp3) is 0.231. The molecule has 0 bridgehead atoms. The van der Waals surface area contributed by atoms with Gasteiger partial charge in [0.25, 0.3) is 0 Å². The normalized spacial score (nSPS) is 10.4. The topological polar surface area (TPSA) is 55.1 Å². The van der Waals surface area contributed by atoms with Gasteiger partial charge in [-0.3, -0.25) is 0 Å². The Morgan fingerprint density at radius 1 is 1.24 bits per heavy atom. The van der Waals surface area contributed by atoms with E-state index in [1.165, 1.54) is 16.5 Å². The van der Waals surface area contributed by atoms with Gasteiger partial charge in [0.1, 0.15) is 6.33 Å². The number of carboxylic acid groups (broad SMARTS) is 1. The van der Waals surface area contributed by atoms with Gasteiger partial charge >= 0.3 is 6.09 Å². The number of aromatic nitrogens is 2. The van der Waals surface area contributed by atoms with E-state index in [9.17, 15) is 4.79 Å². The summed E-state index contributed by atoms with van der Waals surface area (Å²) in [5, 5.41) is 8.89. The zero-order chi connectivity index (χ0) is 12.1. The van der Waals surface area contributed by atoms with Crippen molar-refractivity contribution < 1.29 is 9.90 Å². The summed E-state index contributed by atoms with van der Waals surface area (Å²) in [6.07, 6.45) is 4.56. The predicted octanol–water partition coefficient (Wildman–Crippen LogP) is 2.58. The average Bonchev–Trinajstić information content (AvgIpc) is 2.79. The number of aryl methyl sites for hydroxylation is 2. The zero-order valence-electron chi connectivity index (χ0n) is 9.41. The smallest absolute Gasteiger partial charge is 0.417 e. The molecule has 0 saturated heterocycles. The van der Waals surface area contributed by atoms with Gasteiger partial charge in [0.2, 0.25) is 0 Å². The van der Waals surface area contributed by atoms with Crippen molar-refractivity contribution in [1.29, 1.82) is 0 Å². The molecule has 0 atom stereocenters. The van der Waals surface area contributed by atoms with E-state index in [2.05, 4.69) is 17.1 Å². The minimum Gasteiger partial charge on any atom is -0.464 e. The molecular formula is C13H14N2O2. The molecule has 0 saturated carbocycles. The lowest BCUT2D eigenvalue weighted by atomic mass is 10.1. The van der Waals surface area contributed by atoms with Crippen molar-refractivity contribution in [2.45, 2.75) is 19.3 Å². The lowest BCUT2D eigenvalue weighted by Gasteiger charge is -2.03. The van der Waals surface area contributed by atoms with Crippen LogP contribution in [0.4, 0.5) is 4.79 Å². The summed E-state index contributed by atoms with van der Waals surface area (Å²) in [5.41, 5.74) is 2.02. The van der Waals surface area contributed by atoms with Crippen molar-refractivity contribution in [3.8, 4) is 0 Å². The second-order valence-corrected chi connectivity index (χ2v) is 3.88. The van der Waals surface area contributed by atoms with Crippen LogP contribution in [0, 0.1) is 0 Å². The zero-order valence-corrected chi connectivity index (χ0v) is 9.41. The van der Waals surface area contributed by atoms with Crippen molar-refractivity contribution in [3.05, 3.63) is 54.1 Å². The van der Waals surface area contributed by atoms with E-state index in [4.69, 9.17) is 5.11 Å². The summed E-state index contributed by atoms with van der Waals surface area (Å²) in [6.45, 7) is 0. The maximum absolute atomic E-state index is 10.8. The number of hydrogen-bond donors (Lipinski definition) is 1. The van der Waals surface area contributed by atoms with Gasteiger partial charge in [0.15, 0.2) is 0 Å². The molecule has 88 valence electrons. The minimum absolute atomic E-state index is 0.723. The molecule has 0 aliphatic heterocycles. The molecule has 0 fully saturated rings. The highest BCUT2D eigenvalue weighted by molar-refractivity contribution is 5.68. The van der Waals surface area contributed by atoms with E-state index < -0.39 is 6.09 Å². The van der Waals surface area contributed by atoms with Gasteiger partial charge in [-0.1, -0.05) is 30.3 Å². The molecule has 0 aliphatic rings.